The zero-order valence-corrected chi connectivity index (χ0v) is 17.4. The van der Waals surface area contributed by atoms with Crippen molar-refractivity contribution in [1.29, 1.82) is 0 Å². The summed E-state index contributed by atoms with van der Waals surface area (Å²) >= 11 is 0. The van der Waals surface area contributed by atoms with Gasteiger partial charge in [-0.25, -0.2) is 14.8 Å². The Balaban J connectivity index is 1.75. The summed E-state index contributed by atoms with van der Waals surface area (Å²) in [6, 6.07) is 6.31. The molecule has 0 spiro atoms. The largest absolute Gasteiger partial charge is 0.450 e. The number of carbonyl (C=O) groups is 1. The summed E-state index contributed by atoms with van der Waals surface area (Å²) in [7, 11) is 0. The summed E-state index contributed by atoms with van der Waals surface area (Å²) in [5.74, 6) is 2.38. The van der Waals surface area contributed by atoms with Crippen molar-refractivity contribution in [3.05, 3.63) is 40.7 Å². The molecule has 2 heterocycles. The van der Waals surface area contributed by atoms with E-state index in [1.165, 1.54) is 16.7 Å². The van der Waals surface area contributed by atoms with E-state index in [2.05, 4.69) is 53.1 Å². The van der Waals surface area contributed by atoms with Gasteiger partial charge in [-0.15, -0.1) is 0 Å². The molecule has 1 aromatic heterocycles. The second-order valence-electron chi connectivity index (χ2n) is 7.23. The summed E-state index contributed by atoms with van der Waals surface area (Å²) in [6.45, 7) is 13.1. The van der Waals surface area contributed by atoms with Crippen molar-refractivity contribution in [3.8, 4) is 0 Å². The van der Waals surface area contributed by atoms with E-state index in [1.54, 1.807) is 4.90 Å². The van der Waals surface area contributed by atoms with E-state index in [9.17, 15) is 4.79 Å². The molecule has 0 bridgehead atoms. The number of carbonyl (C=O) groups excluding carboxylic acids is 1. The Morgan fingerprint density at radius 3 is 2.29 bits per heavy atom. The van der Waals surface area contributed by atoms with Gasteiger partial charge >= 0.3 is 6.09 Å². The first-order chi connectivity index (χ1) is 13.4. The minimum Gasteiger partial charge on any atom is -0.450 e. The van der Waals surface area contributed by atoms with E-state index in [0.29, 0.717) is 19.7 Å². The molecule has 1 fully saturated rings. The summed E-state index contributed by atoms with van der Waals surface area (Å²) in [6.07, 6.45) is -0.242. The van der Waals surface area contributed by atoms with Crippen LogP contribution >= 0.6 is 0 Å². The van der Waals surface area contributed by atoms with Crippen molar-refractivity contribution in [2.45, 2.75) is 34.6 Å². The number of hydrogen-bond donors (Lipinski definition) is 1. The van der Waals surface area contributed by atoms with E-state index in [-0.39, 0.29) is 6.09 Å². The molecule has 0 saturated carbocycles. The second kappa shape index (κ2) is 8.46. The molecule has 1 aliphatic heterocycles. The van der Waals surface area contributed by atoms with Crippen LogP contribution in [-0.2, 0) is 4.74 Å². The van der Waals surface area contributed by atoms with Crippen molar-refractivity contribution in [2.24, 2.45) is 0 Å². The highest BCUT2D eigenvalue weighted by molar-refractivity contribution is 5.69. The van der Waals surface area contributed by atoms with Gasteiger partial charge in [-0.1, -0.05) is 17.7 Å². The normalized spacial score (nSPS) is 14.2. The molecule has 1 aliphatic rings. The molecule has 1 saturated heterocycles. The quantitative estimate of drug-likeness (QED) is 0.867. The number of aromatic nitrogens is 2. The monoisotopic (exact) mass is 383 g/mol. The number of piperazine rings is 1. The predicted molar refractivity (Wildman–Crippen MR) is 112 cm³/mol. The SMILES string of the molecule is CCOC(=O)N1CCN(c2cc(Nc3c(C)cc(C)cc3C)nc(C)n2)CC1. The van der Waals surface area contributed by atoms with Crippen LogP contribution in [0.2, 0.25) is 0 Å². The Morgan fingerprint density at radius 1 is 1.04 bits per heavy atom. The van der Waals surface area contributed by atoms with E-state index < -0.39 is 0 Å². The van der Waals surface area contributed by atoms with E-state index >= 15 is 0 Å². The first-order valence-electron chi connectivity index (χ1n) is 9.74. The number of rotatable bonds is 4. The number of hydrogen-bond acceptors (Lipinski definition) is 6. The first-order valence-corrected chi connectivity index (χ1v) is 9.74. The van der Waals surface area contributed by atoms with Crippen LogP contribution in [0, 0.1) is 27.7 Å². The Kier molecular flexibility index (Phi) is 6.02. The fraction of sp³-hybridized carbons (Fsp3) is 0.476. The lowest BCUT2D eigenvalue weighted by molar-refractivity contribution is 0.105. The van der Waals surface area contributed by atoms with E-state index in [0.717, 1.165) is 36.2 Å². The van der Waals surface area contributed by atoms with Gasteiger partial charge in [-0.3, -0.25) is 0 Å². The number of benzene rings is 1. The van der Waals surface area contributed by atoms with E-state index in [4.69, 9.17) is 4.74 Å². The zero-order chi connectivity index (χ0) is 20.3. The third-order valence-corrected chi connectivity index (χ3v) is 4.88. The Hall–Kier alpha value is -2.83. The van der Waals surface area contributed by atoms with Gasteiger partial charge in [0.15, 0.2) is 0 Å². The molecule has 7 heteroatoms. The van der Waals surface area contributed by atoms with Crippen LogP contribution in [0.4, 0.5) is 22.1 Å². The molecule has 3 rings (SSSR count). The molecule has 150 valence electrons. The van der Waals surface area contributed by atoms with Crippen LogP contribution in [0.5, 0.6) is 0 Å². The molecular weight excluding hydrogens is 354 g/mol. The molecule has 2 aromatic rings. The highest BCUT2D eigenvalue weighted by Crippen LogP contribution is 2.27. The van der Waals surface area contributed by atoms with Crippen LogP contribution in [0.3, 0.4) is 0 Å². The Morgan fingerprint density at radius 2 is 1.68 bits per heavy atom. The molecule has 1 aromatic carbocycles. The van der Waals surface area contributed by atoms with E-state index in [1.807, 2.05) is 19.9 Å². The number of nitrogens with one attached hydrogen (secondary N) is 1. The number of anilines is 3. The zero-order valence-electron chi connectivity index (χ0n) is 17.4. The average Bonchev–Trinajstić information content (AvgIpc) is 2.64. The highest BCUT2D eigenvalue weighted by Gasteiger charge is 2.23. The maximum absolute atomic E-state index is 11.9. The first kappa shape index (κ1) is 19.9. The van der Waals surface area contributed by atoms with Gasteiger partial charge in [-0.2, -0.15) is 0 Å². The molecule has 0 unspecified atom stereocenters. The summed E-state index contributed by atoms with van der Waals surface area (Å²) < 4.78 is 5.09. The van der Waals surface area contributed by atoms with Crippen molar-refractivity contribution >= 4 is 23.4 Å². The second-order valence-corrected chi connectivity index (χ2v) is 7.23. The van der Waals surface area contributed by atoms with Crippen molar-refractivity contribution in [2.75, 3.05) is 43.0 Å². The molecule has 1 amide bonds. The molecular formula is C21H29N5O2. The van der Waals surface area contributed by atoms with Gasteiger partial charge in [0, 0.05) is 37.9 Å². The lowest BCUT2D eigenvalue weighted by atomic mass is 10.1. The molecule has 0 atom stereocenters. The fourth-order valence-corrected chi connectivity index (χ4v) is 3.62. The maximum Gasteiger partial charge on any atom is 0.409 e. The van der Waals surface area contributed by atoms with Crippen LogP contribution in [-0.4, -0.2) is 53.7 Å². The Labute approximate surface area is 166 Å². The summed E-state index contributed by atoms with van der Waals surface area (Å²) in [4.78, 5) is 25.0. The maximum atomic E-state index is 11.9. The summed E-state index contributed by atoms with van der Waals surface area (Å²) in [5.41, 5.74) is 4.72. The van der Waals surface area contributed by atoms with Gasteiger partial charge in [-0.05, 0) is 45.7 Å². The van der Waals surface area contributed by atoms with Crippen molar-refractivity contribution < 1.29 is 9.53 Å². The van der Waals surface area contributed by atoms with Gasteiger partial charge < -0.3 is 19.9 Å². The minimum atomic E-state index is -0.242. The minimum absolute atomic E-state index is 0.242. The molecule has 28 heavy (non-hydrogen) atoms. The molecule has 7 nitrogen and oxygen atoms in total. The van der Waals surface area contributed by atoms with Crippen LogP contribution in [0.25, 0.3) is 0 Å². The smallest absolute Gasteiger partial charge is 0.409 e. The predicted octanol–water partition coefficient (Wildman–Crippen LogP) is 3.73. The average molecular weight is 383 g/mol. The fourth-order valence-electron chi connectivity index (χ4n) is 3.62. The number of amides is 1. The van der Waals surface area contributed by atoms with Crippen molar-refractivity contribution in [3.63, 3.8) is 0 Å². The number of nitrogens with zero attached hydrogens (tertiary/aromatic N) is 4. The summed E-state index contributed by atoms with van der Waals surface area (Å²) in [5, 5.41) is 3.47. The lowest BCUT2D eigenvalue weighted by Gasteiger charge is -2.34. The number of ether oxygens (including phenoxy) is 1. The standard InChI is InChI=1S/C21H29N5O2/c1-6-28-21(27)26-9-7-25(8-10-26)19-13-18(22-17(5)23-19)24-20-15(3)11-14(2)12-16(20)4/h11-13H,6-10H2,1-5H3,(H,22,23,24). The molecule has 0 radical (unpaired) electrons. The van der Waals surface area contributed by atoms with Gasteiger partial charge in [0.1, 0.15) is 17.5 Å². The lowest BCUT2D eigenvalue weighted by Crippen LogP contribution is -2.49. The van der Waals surface area contributed by atoms with Gasteiger partial charge in [0.2, 0.25) is 0 Å². The number of aryl methyl sites for hydroxylation is 4. The third kappa shape index (κ3) is 4.52. The highest BCUT2D eigenvalue weighted by atomic mass is 16.6. The Bertz CT molecular complexity index is 837. The third-order valence-electron chi connectivity index (χ3n) is 4.88. The van der Waals surface area contributed by atoms with Gasteiger partial charge in [0.05, 0.1) is 6.61 Å². The van der Waals surface area contributed by atoms with Crippen LogP contribution in [0.1, 0.15) is 29.4 Å². The van der Waals surface area contributed by atoms with Crippen molar-refractivity contribution in [1.82, 2.24) is 14.9 Å². The van der Waals surface area contributed by atoms with Gasteiger partial charge in [0.25, 0.3) is 0 Å². The van der Waals surface area contributed by atoms with Crippen LogP contribution in [0.15, 0.2) is 18.2 Å². The molecule has 0 aliphatic carbocycles. The van der Waals surface area contributed by atoms with Crippen LogP contribution < -0.4 is 10.2 Å². The molecule has 1 N–H and O–H groups in total. The topological polar surface area (TPSA) is 70.6 Å².